The molecule has 0 aliphatic rings. The molecule has 0 aromatic carbocycles. The van der Waals surface area contributed by atoms with Crippen LogP contribution in [0.2, 0.25) is 0 Å². The summed E-state index contributed by atoms with van der Waals surface area (Å²) in [5.41, 5.74) is 0. The van der Waals surface area contributed by atoms with Gasteiger partial charge in [0, 0.05) is 6.42 Å². The van der Waals surface area contributed by atoms with Crippen LogP contribution in [0.4, 0.5) is 0 Å². The molecule has 0 rings (SSSR count). The number of unbranched alkanes of at least 4 members (excludes halogenated alkanes) is 32. The first kappa shape index (κ1) is 62.6. The lowest BCUT2D eigenvalue weighted by Crippen LogP contribution is -2.45. The van der Waals surface area contributed by atoms with Gasteiger partial charge < -0.3 is 15.5 Å². The Hall–Kier alpha value is -2.43. The number of aliphatic hydroxyl groups is 2. The third kappa shape index (κ3) is 52.4. The molecule has 0 fully saturated rings. The van der Waals surface area contributed by atoms with E-state index in [0.717, 1.165) is 64.2 Å². The highest BCUT2D eigenvalue weighted by molar-refractivity contribution is 5.76. The second-order valence-electron chi connectivity index (χ2n) is 19.0. The highest BCUT2D eigenvalue weighted by Gasteiger charge is 2.18. The molecule has 0 aromatic heterocycles. The zero-order chi connectivity index (χ0) is 47.0. The van der Waals surface area contributed by atoms with Gasteiger partial charge in [-0.3, -0.25) is 4.79 Å². The number of nitrogens with one attached hydrogen (secondary N) is 1. The van der Waals surface area contributed by atoms with Gasteiger partial charge in [0.25, 0.3) is 0 Å². The molecule has 2 atom stereocenters. The molecule has 0 radical (unpaired) electrons. The van der Waals surface area contributed by atoms with E-state index in [1.165, 1.54) is 193 Å². The molecule has 65 heavy (non-hydrogen) atoms. The maximum absolute atomic E-state index is 12.5. The van der Waals surface area contributed by atoms with E-state index in [1.807, 2.05) is 6.08 Å². The predicted octanol–water partition coefficient (Wildman–Crippen LogP) is 18.8. The normalized spacial score (nSPS) is 13.5. The molecule has 3 N–H and O–H groups in total. The Labute approximate surface area is 405 Å². The van der Waals surface area contributed by atoms with E-state index >= 15 is 0 Å². The van der Waals surface area contributed by atoms with Crippen LogP contribution in [0.15, 0.2) is 85.1 Å². The summed E-state index contributed by atoms with van der Waals surface area (Å²) in [6.45, 7) is 4.20. The zero-order valence-electron chi connectivity index (χ0n) is 43.2. The summed E-state index contributed by atoms with van der Waals surface area (Å²) in [5.74, 6) is -0.0725. The monoisotopic (exact) mass is 904 g/mol. The fraction of sp³-hybridized carbons (Fsp3) is 0.754. The van der Waals surface area contributed by atoms with Crippen molar-refractivity contribution in [3.8, 4) is 0 Å². The Morgan fingerprint density at radius 1 is 0.385 bits per heavy atom. The summed E-state index contributed by atoms with van der Waals surface area (Å²) in [5, 5.41) is 23.1. The lowest BCUT2D eigenvalue weighted by atomic mass is 10.0. The highest BCUT2D eigenvalue weighted by Crippen LogP contribution is 2.16. The van der Waals surface area contributed by atoms with E-state index in [9.17, 15) is 15.0 Å². The van der Waals surface area contributed by atoms with E-state index in [4.69, 9.17) is 0 Å². The number of hydrogen-bond donors (Lipinski definition) is 3. The van der Waals surface area contributed by atoms with Crippen LogP contribution in [0.3, 0.4) is 0 Å². The van der Waals surface area contributed by atoms with Gasteiger partial charge in [0.15, 0.2) is 0 Å². The smallest absolute Gasteiger partial charge is 0.220 e. The fourth-order valence-corrected chi connectivity index (χ4v) is 8.34. The summed E-state index contributed by atoms with van der Waals surface area (Å²) in [6.07, 6.45) is 81.8. The van der Waals surface area contributed by atoms with Gasteiger partial charge in [-0.15, -0.1) is 0 Å². The number of carbonyl (C=O) groups excluding carboxylic acids is 1. The van der Waals surface area contributed by atoms with Gasteiger partial charge in [0.2, 0.25) is 5.91 Å². The maximum Gasteiger partial charge on any atom is 0.220 e. The number of carbonyl (C=O) groups is 1. The minimum absolute atomic E-state index is 0.0725. The molecule has 0 heterocycles. The first-order valence-electron chi connectivity index (χ1n) is 28.3. The van der Waals surface area contributed by atoms with Gasteiger partial charge in [-0.25, -0.2) is 0 Å². The molecule has 376 valence electrons. The predicted molar refractivity (Wildman–Crippen MR) is 290 cm³/mol. The third-order valence-electron chi connectivity index (χ3n) is 12.6. The first-order valence-corrected chi connectivity index (χ1v) is 28.3. The Kier molecular flexibility index (Phi) is 53.8. The molecule has 0 aromatic rings. The molecule has 0 aliphatic carbocycles. The van der Waals surface area contributed by atoms with Crippen molar-refractivity contribution >= 4 is 5.91 Å². The Balaban J connectivity index is 3.50. The topological polar surface area (TPSA) is 69.6 Å². The van der Waals surface area contributed by atoms with Crippen molar-refractivity contribution in [1.29, 1.82) is 0 Å². The van der Waals surface area contributed by atoms with Crippen LogP contribution in [-0.2, 0) is 4.79 Å². The summed E-state index contributed by atoms with van der Waals surface area (Å²) < 4.78 is 0. The molecular weight excluding hydrogens is 795 g/mol. The standard InChI is InChI=1S/C61H109NO3/c1-3-5-7-9-11-13-15-17-19-21-23-24-25-26-27-28-29-30-31-32-33-34-35-36-37-38-39-41-43-45-47-49-51-53-55-57-61(65)62-59(58-63)60(64)56-54-52-50-48-46-44-42-40-22-20-18-16-14-12-10-8-6-4-2/h5,7,11,13,17,19,23-24,26-27,46,48,54,56,59-60,63-64H,3-4,6,8-10,12,14-16,18,20-22,25,28-45,47,49-53,55,57-58H2,1-2H3,(H,62,65)/b7-5-,13-11-,19-17-,24-23-,27-26-,48-46+,56-54+. The van der Waals surface area contributed by atoms with E-state index < -0.39 is 12.1 Å². The molecule has 0 saturated carbocycles. The lowest BCUT2D eigenvalue weighted by Gasteiger charge is -2.19. The van der Waals surface area contributed by atoms with E-state index in [-0.39, 0.29) is 12.5 Å². The van der Waals surface area contributed by atoms with Crippen molar-refractivity contribution in [2.75, 3.05) is 6.61 Å². The van der Waals surface area contributed by atoms with E-state index in [0.29, 0.717) is 6.42 Å². The zero-order valence-corrected chi connectivity index (χ0v) is 43.2. The number of allylic oxidation sites excluding steroid dienone is 13. The van der Waals surface area contributed by atoms with Crippen molar-refractivity contribution in [2.45, 2.75) is 289 Å². The summed E-state index contributed by atoms with van der Waals surface area (Å²) >= 11 is 0. The molecular formula is C61H109NO3. The summed E-state index contributed by atoms with van der Waals surface area (Å²) in [4.78, 5) is 12.5. The van der Waals surface area contributed by atoms with Crippen molar-refractivity contribution in [2.24, 2.45) is 0 Å². The highest BCUT2D eigenvalue weighted by atomic mass is 16.3. The number of aliphatic hydroxyl groups excluding tert-OH is 2. The quantitative estimate of drug-likeness (QED) is 0.0421. The van der Waals surface area contributed by atoms with E-state index in [1.54, 1.807) is 6.08 Å². The minimum atomic E-state index is -0.864. The van der Waals surface area contributed by atoms with Gasteiger partial charge in [0.1, 0.15) is 0 Å². The van der Waals surface area contributed by atoms with Crippen molar-refractivity contribution in [3.05, 3.63) is 85.1 Å². The Bertz CT molecular complexity index is 1160. The third-order valence-corrected chi connectivity index (χ3v) is 12.6. The van der Waals surface area contributed by atoms with Gasteiger partial charge in [-0.1, -0.05) is 279 Å². The second kappa shape index (κ2) is 55.9. The molecule has 4 nitrogen and oxygen atoms in total. The Morgan fingerprint density at radius 3 is 1.08 bits per heavy atom. The van der Waals surface area contributed by atoms with Crippen LogP contribution in [0.25, 0.3) is 0 Å². The summed E-state index contributed by atoms with van der Waals surface area (Å²) in [6, 6.07) is -0.641. The van der Waals surface area contributed by atoms with Crippen LogP contribution >= 0.6 is 0 Å². The SMILES string of the molecule is CC/C=C\C/C=C\C/C=C\C/C=C\C/C=C\CCCCCCCCCCCCCCCCCCCCCC(=O)NC(CO)C(O)/C=C/CC/C=C/CCCCCCCCCCCCCC. The minimum Gasteiger partial charge on any atom is -0.394 e. The van der Waals surface area contributed by atoms with Crippen LogP contribution in [0.1, 0.15) is 277 Å². The molecule has 1 amide bonds. The molecule has 0 spiro atoms. The van der Waals surface area contributed by atoms with Crippen LogP contribution in [0, 0.1) is 0 Å². The number of rotatable bonds is 51. The Morgan fingerprint density at radius 2 is 0.692 bits per heavy atom. The van der Waals surface area contributed by atoms with E-state index in [2.05, 4.69) is 92.1 Å². The lowest BCUT2D eigenvalue weighted by molar-refractivity contribution is -0.123. The van der Waals surface area contributed by atoms with Crippen molar-refractivity contribution in [1.82, 2.24) is 5.32 Å². The molecule has 2 unspecified atom stereocenters. The maximum atomic E-state index is 12.5. The van der Waals surface area contributed by atoms with Gasteiger partial charge in [0.05, 0.1) is 18.8 Å². The molecule has 0 saturated heterocycles. The first-order chi connectivity index (χ1) is 32.2. The average molecular weight is 905 g/mol. The van der Waals surface area contributed by atoms with Crippen LogP contribution in [0.5, 0.6) is 0 Å². The summed E-state index contributed by atoms with van der Waals surface area (Å²) in [7, 11) is 0. The fourth-order valence-electron chi connectivity index (χ4n) is 8.34. The largest absolute Gasteiger partial charge is 0.394 e. The molecule has 4 heteroatoms. The van der Waals surface area contributed by atoms with Gasteiger partial charge in [-0.2, -0.15) is 0 Å². The second-order valence-corrected chi connectivity index (χ2v) is 19.0. The van der Waals surface area contributed by atoms with Gasteiger partial charge in [-0.05, 0) is 77.0 Å². The molecule has 0 aliphatic heterocycles. The average Bonchev–Trinajstić information content (AvgIpc) is 3.31. The number of amides is 1. The van der Waals surface area contributed by atoms with Crippen LogP contribution < -0.4 is 5.32 Å². The van der Waals surface area contributed by atoms with Crippen LogP contribution in [-0.4, -0.2) is 34.9 Å². The number of hydrogen-bond acceptors (Lipinski definition) is 3. The van der Waals surface area contributed by atoms with Crippen molar-refractivity contribution in [3.63, 3.8) is 0 Å². The molecule has 0 bridgehead atoms. The van der Waals surface area contributed by atoms with Gasteiger partial charge >= 0.3 is 0 Å². The van der Waals surface area contributed by atoms with Crippen molar-refractivity contribution < 1.29 is 15.0 Å².